The summed E-state index contributed by atoms with van der Waals surface area (Å²) >= 11 is 0. The minimum absolute atomic E-state index is 0.0693. The summed E-state index contributed by atoms with van der Waals surface area (Å²) in [4.78, 5) is 17.4. The number of hydrogen-bond acceptors (Lipinski definition) is 3. The number of amides is 1. The Morgan fingerprint density at radius 3 is 2.94 bits per heavy atom. The lowest BCUT2D eigenvalue weighted by atomic mass is 10.2. The van der Waals surface area contributed by atoms with Gasteiger partial charge in [-0.2, -0.15) is 0 Å². The van der Waals surface area contributed by atoms with Gasteiger partial charge in [0.2, 0.25) is 5.91 Å². The van der Waals surface area contributed by atoms with Crippen LogP contribution < -0.4 is 0 Å². The third-order valence-corrected chi connectivity index (χ3v) is 2.40. The summed E-state index contributed by atoms with van der Waals surface area (Å²) in [6, 6.07) is 5.77. The number of carbonyl (C=O) groups excluding carboxylic acids is 1. The number of rotatable bonds is 6. The summed E-state index contributed by atoms with van der Waals surface area (Å²) in [6.45, 7) is 0.737. The first-order valence-electron chi connectivity index (χ1n) is 5.48. The van der Waals surface area contributed by atoms with Gasteiger partial charge in [-0.15, -0.1) is 0 Å². The third-order valence-electron chi connectivity index (χ3n) is 2.40. The normalized spacial score (nSPS) is 10.1. The first-order chi connectivity index (χ1) is 7.74. The number of aliphatic hydroxyl groups excluding tert-OH is 1. The molecule has 1 rings (SSSR count). The summed E-state index contributed by atoms with van der Waals surface area (Å²) in [5, 5.41) is 8.62. The molecule has 1 amide bonds. The van der Waals surface area contributed by atoms with Gasteiger partial charge in [-0.05, 0) is 18.6 Å². The van der Waals surface area contributed by atoms with Crippen LogP contribution in [-0.2, 0) is 11.2 Å². The highest BCUT2D eigenvalue weighted by molar-refractivity contribution is 5.75. The molecule has 0 aliphatic heterocycles. The van der Waals surface area contributed by atoms with E-state index in [1.54, 1.807) is 18.1 Å². The number of likely N-dealkylation sites (N-methyl/N-ethyl adjacent to an activating group) is 1. The molecule has 0 unspecified atom stereocenters. The Hall–Kier alpha value is -1.42. The lowest BCUT2D eigenvalue weighted by Gasteiger charge is -2.16. The molecule has 1 aromatic heterocycles. The molecule has 4 nitrogen and oxygen atoms in total. The monoisotopic (exact) mass is 222 g/mol. The molecule has 4 heteroatoms. The summed E-state index contributed by atoms with van der Waals surface area (Å²) in [7, 11) is 1.78. The van der Waals surface area contributed by atoms with Crippen LogP contribution in [0.2, 0.25) is 0 Å². The van der Waals surface area contributed by atoms with Crippen molar-refractivity contribution in [2.45, 2.75) is 19.3 Å². The fraction of sp³-hybridized carbons (Fsp3) is 0.500. The van der Waals surface area contributed by atoms with Crippen molar-refractivity contribution in [3.05, 3.63) is 30.1 Å². The Kier molecular flexibility index (Phi) is 5.50. The van der Waals surface area contributed by atoms with Crippen molar-refractivity contribution < 1.29 is 9.90 Å². The Bertz CT molecular complexity index is 314. The van der Waals surface area contributed by atoms with Crippen molar-refractivity contribution in [3.8, 4) is 0 Å². The van der Waals surface area contributed by atoms with Gasteiger partial charge < -0.3 is 10.0 Å². The third kappa shape index (κ3) is 4.40. The number of hydrogen-bond donors (Lipinski definition) is 1. The second kappa shape index (κ2) is 6.95. The molecule has 88 valence electrons. The molecule has 0 atom stereocenters. The first-order valence-corrected chi connectivity index (χ1v) is 5.48. The van der Waals surface area contributed by atoms with E-state index in [9.17, 15) is 4.79 Å². The van der Waals surface area contributed by atoms with E-state index in [4.69, 9.17) is 5.11 Å². The van der Waals surface area contributed by atoms with Crippen LogP contribution in [-0.4, -0.2) is 41.1 Å². The maximum atomic E-state index is 11.5. The van der Waals surface area contributed by atoms with Crippen LogP contribution in [0.1, 0.15) is 18.5 Å². The average Bonchev–Trinajstić information content (AvgIpc) is 2.34. The summed E-state index contributed by atoms with van der Waals surface area (Å²) in [5.74, 6) is 0.0741. The highest BCUT2D eigenvalue weighted by atomic mass is 16.3. The summed E-state index contributed by atoms with van der Waals surface area (Å²) < 4.78 is 0. The maximum absolute atomic E-state index is 11.5. The van der Waals surface area contributed by atoms with Crippen LogP contribution in [0, 0.1) is 0 Å². The van der Waals surface area contributed by atoms with E-state index in [1.807, 2.05) is 18.2 Å². The number of aliphatic hydroxyl groups is 1. The van der Waals surface area contributed by atoms with Gasteiger partial charge in [-0.25, -0.2) is 0 Å². The van der Waals surface area contributed by atoms with Crippen molar-refractivity contribution in [2.24, 2.45) is 0 Å². The van der Waals surface area contributed by atoms with Gasteiger partial charge in [0.25, 0.3) is 0 Å². The fourth-order valence-corrected chi connectivity index (χ4v) is 1.37. The molecule has 0 aromatic carbocycles. The van der Waals surface area contributed by atoms with E-state index >= 15 is 0 Å². The zero-order valence-corrected chi connectivity index (χ0v) is 9.59. The highest BCUT2D eigenvalue weighted by Crippen LogP contribution is 1.99. The molecule has 0 aliphatic rings. The quantitative estimate of drug-likeness (QED) is 0.776. The molecule has 1 heterocycles. The van der Waals surface area contributed by atoms with Crippen LogP contribution in [0.15, 0.2) is 24.4 Å². The Morgan fingerprint density at radius 1 is 1.50 bits per heavy atom. The van der Waals surface area contributed by atoms with Gasteiger partial charge in [-0.1, -0.05) is 6.07 Å². The van der Waals surface area contributed by atoms with Gasteiger partial charge >= 0.3 is 0 Å². The SMILES string of the molecule is CN(CCc1ccccn1)C(=O)CCCO. The molecule has 0 spiro atoms. The van der Waals surface area contributed by atoms with Crippen LogP contribution in [0.4, 0.5) is 0 Å². The molecule has 0 saturated heterocycles. The standard InChI is InChI=1S/C12H18N2O2/c1-14(12(16)6-4-10-15)9-7-11-5-2-3-8-13-11/h2-3,5,8,15H,4,6-7,9-10H2,1H3. The number of pyridine rings is 1. The van der Waals surface area contributed by atoms with Gasteiger partial charge in [0.15, 0.2) is 0 Å². The van der Waals surface area contributed by atoms with E-state index in [1.165, 1.54) is 0 Å². The molecule has 1 aromatic rings. The van der Waals surface area contributed by atoms with Gasteiger partial charge in [0.05, 0.1) is 0 Å². The van der Waals surface area contributed by atoms with Crippen molar-refractivity contribution in [3.63, 3.8) is 0 Å². The largest absolute Gasteiger partial charge is 0.396 e. The smallest absolute Gasteiger partial charge is 0.222 e. The van der Waals surface area contributed by atoms with E-state index in [0.717, 1.165) is 12.1 Å². The van der Waals surface area contributed by atoms with Crippen LogP contribution in [0.5, 0.6) is 0 Å². The van der Waals surface area contributed by atoms with E-state index < -0.39 is 0 Å². The fourth-order valence-electron chi connectivity index (χ4n) is 1.37. The molecule has 0 saturated carbocycles. The molecule has 0 bridgehead atoms. The van der Waals surface area contributed by atoms with Gasteiger partial charge in [0, 0.05) is 44.9 Å². The summed E-state index contributed by atoms with van der Waals surface area (Å²) in [5.41, 5.74) is 0.990. The predicted molar refractivity (Wildman–Crippen MR) is 61.9 cm³/mol. The highest BCUT2D eigenvalue weighted by Gasteiger charge is 2.07. The minimum atomic E-state index is 0.0693. The topological polar surface area (TPSA) is 53.4 Å². The van der Waals surface area contributed by atoms with Gasteiger partial charge in [0.1, 0.15) is 0 Å². The van der Waals surface area contributed by atoms with E-state index in [2.05, 4.69) is 4.98 Å². The van der Waals surface area contributed by atoms with Crippen LogP contribution in [0.3, 0.4) is 0 Å². The van der Waals surface area contributed by atoms with Crippen LogP contribution in [0.25, 0.3) is 0 Å². The minimum Gasteiger partial charge on any atom is -0.396 e. The average molecular weight is 222 g/mol. The molecular weight excluding hydrogens is 204 g/mol. The lowest BCUT2D eigenvalue weighted by molar-refractivity contribution is -0.130. The zero-order chi connectivity index (χ0) is 11.8. The summed E-state index contributed by atoms with van der Waals surface area (Å²) in [6.07, 6.45) is 3.47. The second-order valence-electron chi connectivity index (χ2n) is 3.71. The Morgan fingerprint density at radius 2 is 2.31 bits per heavy atom. The molecule has 0 radical (unpaired) electrons. The number of carbonyl (C=O) groups is 1. The van der Waals surface area contributed by atoms with Crippen molar-refractivity contribution >= 4 is 5.91 Å². The lowest BCUT2D eigenvalue weighted by Crippen LogP contribution is -2.28. The van der Waals surface area contributed by atoms with E-state index in [0.29, 0.717) is 19.4 Å². The van der Waals surface area contributed by atoms with Crippen molar-refractivity contribution in [1.82, 2.24) is 9.88 Å². The van der Waals surface area contributed by atoms with E-state index in [-0.39, 0.29) is 12.5 Å². The zero-order valence-electron chi connectivity index (χ0n) is 9.59. The number of nitrogens with zero attached hydrogens (tertiary/aromatic N) is 2. The van der Waals surface area contributed by atoms with Gasteiger partial charge in [-0.3, -0.25) is 9.78 Å². The van der Waals surface area contributed by atoms with Crippen molar-refractivity contribution in [1.29, 1.82) is 0 Å². The molecule has 1 N–H and O–H groups in total. The first kappa shape index (κ1) is 12.6. The van der Waals surface area contributed by atoms with Crippen LogP contribution >= 0.6 is 0 Å². The molecule has 0 aliphatic carbocycles. The van der Waals surface area contributed by atoms with Crippen molar-refractivity contribution in [2.75, 3.05) is 20.2 Å². The molecule has 0 fully saturated rings. The Labute approximate surface area is 95.9 Å². The maximum Gasteiger partial charge on any atom is 0.222 e. The Balaban J connectivity index is 2.29. The molecular formula is C12H18N2O2. The predicted octanol–water partition coefficient (Wildman–Crippen LogP) is 0.855. The second-order valence-corrected chi connectivity index (χ2v) is 3.71. The number of aromatic nitrogens is 1. The molecule has 16 heavy (non-hydrogen) atoms.